The van der Waals surface area contributed by atoms with Crippen molar-refractivity contribution < 1.29 is 13.9 Å². The first-order valence-corrected chi connectivity index (χ1v) is 12.1. The molecule has 2 aromatic carbocycles. The number of thiol groups is 1. The van der Waals surface area contributed by atoms with Crippen LogP contribution in [0.5, 0.6) is 5.75 Å². The first kappa shape index (κ1) is 21.3. The second kappa shape index (κ2) is 9.45. The molecule has 2 N–H and O–H groups in total. The fourth-order valence-electron chi connectivity index (χ4n) is 3.78. The standard InChI is InChI=1S/C23H27N3O4S/c1-26(19-14-23(28)30-20-6-4-3-5-17(19)20)16-7-8-21(29-2)18(13-16)25-22(27)15-31-11-9-24-10-12-31/h3-8,13-14,24,31H,9-12,15H2,1-2H3,(H,25,27). The third-order valence-electron chi connectivity index (χ3n) is 5.41. The maximum absolute atomic E-state index is 12.7. The smallest absolute Gasteiger partial charge is 0.338 e. The molecule has 0 unspecified atom stereocenters. The summed E-state index contributed by atoms with van der Waals surface area (Å²) in [6.07, 6.45) is 0. The average molecular weight is 442 g/mol. The van der Waals surface area contributed by atoms with Crippen molar-refractivity contribution in [3.63, 3.8) is 0 Å². The van der Waals surface area contributed by atoms with Crippen LogP contribution in [0, 0.1) is 0 Å². The molecule has 0 bridgehead atoms. The molecule has 3 aromatic rings. The van der Waals surface area contributed by atoms with Gasteiger partial charge in [-0.15, -0.1) is 0 Å². The Morgan fingerprint density at radius 2 is 1.97 bits per heavy atom. The summed E-state index contributed by atoms with van der Waals surface area (Å²) in [5, 5.41) is 7.20. The van der Waals surface area contributed by atoms with Crippen LogP contribution in [0.2, 0.25) is 0 Å². The van der Waals surface area contributed by atoms with Crippen LogP contribution in [0.25, 0.3) is 11.0 Å². The topological polar surface area (TPSA) is 83.8 Å². The molecule has 2 heterocycles. The number of methoxy groups -OCH3 is 1. The van der Waals surface area contributed by atoms with Crippen molar-refractivity contribution in [2.24, 2.45) is 0 Å². The Labute approximate surface area is 183 Å². The summed E-state index contributed by atoms with van der Waals surface area (Å²) in [5.74, 6) is 3.32. The first-order valence-electron chi connectivity index (χ1n) is 10.2. The molecule has 1 aromatic heterocycles. The quantitative estimate of drug-likeness (QED) is 0.403. The largest absolute Gasteiger partial charge is 0.495 e. The van der Waals surface area contributed by atoms with Gasteiger partial charge in [0, 0.05) is 37.3 Å². The van der Waals surface area contributed by atoms with Crippen LogP contribution in [0.1, 0.15) is 0 Å². The first-order chi connectivity index (χ1) is 15.0. The summed E-state index contributed by atoms with van der Waals surface area (Å²) in [7, 11) is 3.19. The number of carbonyl (C=O) groups is 1. The second-order valence-electron chi connectivity index (χ2n) is 7.46. The number of nitrogens with zero attached hydrogens (tertiary/aromatic N) is 1. The zero-order valence-electron chi connectivity index (χ0n) is 17.7. The zero-order valence-corrected chi connectivity index (χ0v) is 18.6. The summed E-state index contributed by atoms with van der Waals surface area (Å²) in [6.45, 7) is 1.98. The third kappa shape index (κ3) is 4.86. The van der Waals surface area contributed by atoms with Gasteiger partial charge in [-0.05, 0) is 41.8 Å². The Balaban J connectivity index is 1.61. The number of para-hydroxylation sites is 1. The molecule has 0 aliphatic carbocycles. The molecular weight excluding hydrogens is 414 g/mol. The highest BCUT2D eigenvalue weighted by atomic mass is 32.2. The highest BCUT2D eigenvalue weighted by Crippen LogP contribution is 2.35. The van der Waals surface area contributed by atoms with Gasteiger partial charge in [0.25, 0.3) is 0 Å². The highest BCUT2D eigenvalue weighted by molar-refractivity contribution is 8.17. The van der Waals surface area contributed by atoms with Crippen molar-refractivity contribution in [1.82, 2.24) is 5.32 Å². The normalized spacial score (nSPS) is 15.0. The van der Waals surface area contributed by atoms with E-state index in [1.807, 2.05) is 48.3 Å². The number of hydrogen-bond acceptors (Lipinski definition) is 6. The van der Waals surface area contributed by atoms with E-state index in [1.54, 1.807) is 13.2 Å². The summed E-state index contributed by atoms with van der Waals surface area (Å²) >= 11 is 0. The van der Waals surface area contributed by atoms with Crippen LogP contribution in [0.3, 0.4) is 0 Å². The summed E-state index contributed by atoms with van der Waals surface area (Å²) in [5.41, 5.74) is 2.29. The second-order valence-corrected chi connectivity index (χ2v) is 10.0. The van der Waals surface area contributed by atoms with Crippen molar-refractivity contribution in [3.05, 3.63) is 59.0 Å². The van der Waals surface area contributed by atoms with Gasteiger partial charge in [0.2, 0.25) is 5.91 Å². The molecule has 1 aliphatic rings. The number of amides is 1. The number of nitrogens with one attached hydrogen (secondary N) is 2. The summed E-state index contributed by atoms with van der Waals surface area (Å²) in [6, 6.07) is 14.5. The fourth-order valence-corrected chi connectivity index (χ4v) is 5.75. The molecule has 1 amide bonds. The third-order valence-corrected chi connectivity index (χ3v) is 7.86. The predicted octanol–water partition coefficient (Wildman–Crippen LogP) is 3.11. The fraction of sp³-hybridized carbons (Fsp3) is 0.304. The number of ether oxygens (including phenoxy) is 1. The molecule has 1 fully saturated rings. The van der Waals surface area contributed by atoms with E-state index in [1.165, 1.54) is 6.07 Å². The number of benzene rings is 2. The molecular formula is C23H27N3O4S. The molecule has 1 saturated heterocycles. The lowest BCUT2D eigenvalue weighted by atomic mass is 10.1. The van der Waals surface area contributed by atoms with E-state index in [4.69, 9.17) is 9.15 Å². The lowest BCUT2D eigenvalue weighted by Crippen LogP contribution is -2.31. The number of hydrogen-bond donors (Lipinski definition) is 3. The van der Waals surface area contributed by atoms with Gasteiger partial charge in [0.15, 0.2) is 0 Å². The maximum Gasteiger partial charge on any atom is 0.338 e. The van der Waals surface area contributed by atoms with Crippen LogP contribution in [-0.2, 0) is 4.79 Å². The van der Waals surface area contributed by atoms with Gasteiger partial charge >= 0.3 is 5.63 Å². The van der Waals surface area contributed by atoms with Crippen molar-refractivity contribution in [2.45, 2.75) is 0 Å². The van der Waals surface area contributed by atoms with Crippen LogP contribution in [0.15, 0.2) is 57.7 Å². The summed E-state index contributed by atoms with van der Waals surface area (Å²) in [4.78, 5) is 26.7. The van der Waals surface area contributed by atoms with E-state index in [2.05, 4.69) is 10.6 Å². The number of anilines is 3. The Morgan fingerprint density at radius 3 is 2.74 bits per heavy atom. The minimum Gasteiger partial charge on any atom is -0.495 e. The van der Waals surface area contributed by atoms with Gasteiger partial charge in [-0.25, -0.2) is 15.7 Å². The minimum atomic E-state index is -0.410. The van der Waals surface area contributed by atoms with Gasteiger partial charge in [-0.1, -0.05) is 12.1 Å². The molecule has 4 rings (SSSR count). The van der Waals surface area contributed by atoms with Crippen molar-refractivity contribution in [2.75, 3.05) is 54.7 Å². The zero-order chi connectivity index (χ0) is 21.8. The monoisotopic (exact) mass is 441 g/mol. The SMILES string of the molecule is COc1ccc(N(C)c2cc(=O)oc3ccccc23)cc1NC(=O)C[SH]1CCNCC1. The van der Waals surface area contributed by atoms with Gasteiger partial charge in [-0.3, -0.25) is 4.79 Å². The number of fused-ring (bicyclic) bond motifs is 1. The molecule has 7 nitrogen and oxygen atoms in total. The maximum atomic E-state index is 12.7. The highest BCUT2D eigenvalue weighted by Gasteiger charge is 2.17. The van der Waals surface area contributed by atoms with Gasteiger partial charge in [0.05, 0.1) is 24.2 Å². The van der Waals surface area contributed by atoms with Gasteiger partial charge in [0.1, 0.15) is 11.3 Å². The Bertz CT molecular complexity index is 1140. The predicted molar refractivity (Wildman–Crippen MR) is 129 cm³/mol. The molecule has 31 heavy (non-hydrogen) atoms. The molecule has 0 saturated carbocycles. The number of rotatable bonds is 6. The van der Waals surface area contributed by atoms with E-state index in [9.17, 15) is 9.59 Å². The van der Waals surface area contributed by atoms with E-state index in [0.717, 1.165) is 41.4 Å². The lowest BCUT2D eigenvalue weighted by molar-refractivity contribution is -0.113. The van der Waals surface area contributed by atoms with Crippen LogP contribution >= 0.6 is 10.9 Å². The van der Waals surface area contributed by atoms with E-state index < -0.39 is 5.63 Å². The number of carbonyl (C=O) groups excluding carboxylic acids is 1. The van der Waals surface area contributed by atoms with E-state index in [0.29, 0.717) is 22.8 Å². The molecule has 0 atom stereocenters. The lowest BCUT2D eigenvalue weighted by Gasteiger charge is -2.26. The molecule has 1 aliphatic heterocycles. The van der Waals surface area contributed by atoms with E-state index >= 15 is 0 Å². The average Bonchev–Trinajstić information content (AvgIpc) is 2.78. The van der Waals surface area contributed by atoms with Crippen molar-refractivity contribution in [1.29, 1.82) is 0 Å². The molecule has 0 spiro atoms. The van der Waals surface area contributed by atoms with Gasteiger partial charge in [-0.2, -0.15) is 0 Å². The van der Waals surface area contributed by atoms with Crippen LogP contribution in [0.4, 0.5) is 17.1 Å². The Kier molecular flexibility index (Phi) is 6.48. The van der Waals surface area contributed by atoms with Crippen LogP contribution in [-0.4, -0.2) is 50.4 Å². The Hall–Kier alpha value is -2.97. The van der Waals surface area contributed by atoms with Crippen molar-refractivity contribution >= 4 is 44.8 Å². The minimum absolute atomic E-state index is 0.0110. The van der Waals surface area contributed by atoms with Gasteiger partial charge < -0.3 is 24.7 Å². The van der Waals surface area contributed by atoms with Crippen molar-refractivity contribution in [3.8, 4) is 5.75 Å². The van der Waals surface area contributed by atoms with E-state index in [-0.39, 0.29) is 16.8 Å². The molecule has 8 heteroatoms. The van der Waals surface area contributed by atoms with Crippen LogP contribution < -0.4 is 25.9 Å². The summed E-state index contributed by atoms with van der Waals surface area (Å²) < 4.78 is 10.8. The molecule has 0 radical (unpaired) electrons. The Morgan fingerprint density at radius 1 is 1.19 bits per heavy atom. The molecule has 164 valence electrons.